The van der Waals surface area contributed by atoms with E-state index in [0.29, 0.717) is 16.9 Å². The van der Waals surface area contributed by atoms with Crippen LogP contribution in [0.15, 0.2) is 47.6 Å². The van der Waals surface area contributed by atoms with Crippen molar-refractivity contribution in [2.45, 2.75) is 43.8 Å². The number of nitrogens with one attached hydrogen (secondary N) is 1. The summed E-state index contributed by atoms with van der Waals surface area (Å²) in [7, 11) is -2.11. The van der Waals surface area contributed by atoms with Gasteiger partial charge in [0.15, 0.2) is 15.5 Å². The third-order valence-corrected chi connectivity index (χ3v) is 7.99. The van der Waals surface area contributed by atoms with Crippen molar-refractivity contribution in [1.29, 1.82) is 0 Å². The van der Waals surface area contributed by atoms with E-state index in [1.165, 1.54) is 30.2 Å². The van der Waals surface area contributed by atoms with E-state index in [-0.39, 0.29) is 40.9 Å². The third kappa shape index (κ3) is 5.15. The lowest BCUT2D eigenvalue weighted by atomic mass is 9.91. The highest BCUT2D eigenvalue weighted by molar-refractivity contribution is 7.91. The van der Waals surface area contributed by atoms with Crippen LogP contribution in [0.1, 0.15) is 37.7 Å². The number of nitrogens with zero attached hydrogens (tertiary/aromatic N) is 4. The van der Waals surface area contributed by atoms with E-state index in [0.717, 1.165) is 6.33 Å². The quantitative estimate of drug-likeness (QED) is 0.486. The Kier molecular flexibility index (Phi) is 7.08. The van der Waals surface area contributed by atoms with Crippen LogP contribution in [0.3, 0.4) is 0 Å². The first kappa shape index (κ1) is 27.3. The molecule has 2 amide bonds. The molecule has 13 heteroatoms. The summed E-state index contributed by atoms with van der Waals surface area (Å²) in [5.41, 5.74) is -0.622. The van der Waals surface area contributed by atoms with Gasteiger partial charge in [0.05, 0.1) is 40.4 Å². The molecule has 0 spiro atoms. The van der Waals surface area contributed by atoms with E-state index in [1.807, 2.05) is 13.8 Å². The molecule has 1 aromatic carbocycles. The van der Waals surface area contributed by atoms with Gasteiger partial charge in [0.1, 0.15) is 6.33 Å². The summed E-state index contributed by atoms with van der Waals surface area (Å²) in [6, 6.07) is 8.76. The number of sulfone groups is 1. The van der Waals surface area contributed by atoms with Crippen LogP contribution in [0.2, 0.25) is 0 Å². The molecule has 9 nitrogen and oxygen atoms in total. The van der Waals surface area contributed by atoms with Crippen molar-refractivity contribution < 1.29 is 31.1 Å². The van der Waals surface area contributed by atoms with Gasteiger partial charge >= 0.3 is 12.2 Å². The maximum Gasteiger partial charge on any atom is 0.434 e. The van der Waals surface area contributed by atoms with Crippen LogP contribution in [0.25, 0.3) is 11.3 Å². The van der Waals surface area contributed by atoms with Gasteiger partial charge in [0.25, 0.3) is 0 Å². The molecule has 38 heavy (non-hydrogen) atoms. The number of carbonyl (C=O) groups excluding carboxylic acids is 1. The average molecular weight is 550 g/mol. The number of benzene rings is 1. The molecule has 0 fully saturated rings. The number of ether oxygens (including phenoxy) is 1. The third-order valence-electron chi connectivity index (χ3n) is 6.24. The van der Waals surface area contributed by atoms with Gasteiger partial charge in [-0.25, -0.2) is 28.2 Å². The number of hydrogen-bond donors (Lipinski definition) is 1. The first-order valence-electron chi connectivity index (χ1n) is 11.6. The molecule has 0 aliphatic carbocycles. The van der Waals surface area contributed by atoms with Crippen molar-refractivity contribution in [3.63, 3.8) is 0 Å². The van der Waals surface area contributed by atoms with E-state index in [4.69, 9.17) is 4.74 Å². The average Bonchev–Trinajstić information content (AvgIpc) is 3.16. The Balaban J connectivity index is 1.60. The minimum Gasteiger partial charge on any atom is -0.480 e. The number of fused-ring (bicyclic) bond motifs is 1. The topological polar surface area (TPSA) is 114 Å². The summed E-state index contributed by atoms with van der Waals surface area (Å²) in [5, 5.41) is 2.81. The fourth-order valence-corrected chi connectivity index (χ4v) is 5.15. The van der Waals surface area contributed by atoms with Crippen molar-refractivity contribution in [3.05, 3.63) is 59.7 Å². The Morgan fingerprint density at radius 2 is 1.82 bits per heavy atom. The van der Waals surface area contributed by atoms with Gasteiger partial charge in [0, 0.05) is 18.5 Å². The van der Waals surface area contributed by atoms with E-state index in [2.05, 4.69) is 20.3 Å². The maximum atomic E-state index is 13.7. The number of amides is 2. The number of rotatable bonds is 6. The van der Waals surface area contributed by atoms with Crippen molar-refractivity contribution in [3.8, 4) is 17.1 Å². The Bertz CT molecular complexity index is 1480. The van der Waals surface area contributed by atoms with E-state index in [1.54, 1.807) is 25.1 Å². The minimum atomic E-state index is -4.76. The number of aromatic nitrogens is 3. The first-order valence-corrected chi connectivity index (χ1v) is 13.3. The maximum absolute atomic E-state index is 13.7. The molecule has 0 saturated heterocycles. The van der Waals surface area contributed by atoms with Crippen LogP contribution in [0, 0.1) is 0 Å². The highest BCUT2D eigenvalue weighted by Gasteiger charge is 2.42. The fraction of sp³-hybridized carbons (Fsp3) is 0.360. The lowest BCUT2D eigenvalue weighted by molar-refractivity contribution is -0.140. The van der Waals surface area contributed by atoms with Crippen molar-refractivity contribution in [2.75, 3.05) is 24.3 Å². The monoisotopic (exact) mass is 549 g/mol. The lowest BCUT2D eigenvalue weighted by Crippen LogP contribution is -2.41. The number of alkyl halides is 3. The Labute approximate surface area is 218 Å². The molecule has 4 rings (SSSR count). The SMILES string of the molecule is CCS(=O)(=O)c1ccc(CNC(=O)N2CC(C)(C)c3nc(-c4c(OC)ncnc4C(F)(F)F)ccc32)cc1. The fourth-order valence-electron chi connectivity index (χ4n) is 4.27. The standard InChI is InChI=1S/C25H26F3N5O4S/c1-5-38(35,36)16-8-6-15(7-9-16)12-29-23(34)33-13-24(2,3)20-18(33)11-10-17(32-20)19-21(25(26,27)28)30-14-31-22(19)37-4/h6-11,14H,5,12-13H2,1-4H3,(H,29,34). The van der Waals surface area contributed by atoms with Gasteiger partial charge in [-0.3, -0.25) is 4.90 Å². The summed E-state index contributed by atoms with van der Waals surface area (Å²) in [6.45, 7) is 5.64. The molecular formula is C25H26F3N5O4S. The molecule has 0 radical (unpaired) electrons. The molecule has 1 aliphatic rings. The molecule has 3 aromatic rings. The summed E-state index contributed by atoms with van der Waals surface area (Å²) in [5.74, 6) is -0.271. The van der Waals surface area contributed by atoms with E-state index in [9.17, 15) is 26.4 Å². The molecule has 0 unspecified atom stereocenters. The second kappa shape index (κ2) is 9.86. The molecule has 0 atom stereocenters. The number of pyridine rings is 1. The molecule has 2 aromatic heterocycles. The van der Waals surface area contributed by atoms with Crippen LogP contribution in [-0.2, 0) is 28.0 Å². The summed E-state index contributed by atoms with van der Waals surface area (Å²) in [6.07, 6.45) is -3.97. The van der Waals surface area contributed by atoms with Gasteiger partial charge in [-0.05, 0) is 29.8 Å². The molecule has 202 valence electrons. The van der Waals surface area contributed by atoms with Gasteiger partial charge in [-0.15, -0.1) is 0 Å². The zero-order valence-corrected chi connectivity index (χ0v) is 21.9. The normalized spacial score (nSPS) is 14.8. The van der Waals surface area contributed by atoms with E-state index < -0.39 is 33.2 Å². The van der Waals surface area contributed by atoms with Crippen molar-refractivity contribution >= 4 is 21.6 Å². The highest BCUT2D eigenvalue weighted by atomic mass is 32.2. The largest absolute Gasteiger partial charge is 0.480 e. The van der Waals surface area contributed by atoms with Gasteiger partial charge in [-0.1, -0.05) is 32.9 Å². The second-order valence-corrected chi connectivity index (χ2v) is 11.6. The molecule has 1 aliphatic heterocycles. The smallest absolute Gasteiger partial charge is 0.434 e. The predicted molar refractivity (Wildman–Crippen MR) is 134 cm³/mol. The summed E-state index contributed by atoms with van der Waals surface area (Å²) < 4.78 is 70.2. The molecule has 0 bridgehead atoms. The van der Waals surface area contributed by atoms with Gasteiger partial charge in [-0.2, -0.15) is 13.2 Å². The number of hydrogen-bond acceptors (Lipinski definition) is 7. The summed E-state index contributed by atoms with van der Waals surface area (Å²) >= 11 is 0. The zero-order chi connectivity index (χ0) is 27.9. The number of anilines is 1. The minimum absolute atomic E-state index is 0.00934. The Hall–Kier alpha value is -3.74. The predicted octanol–water partition coefficient (Wildman–Crippen LogP) is 4.37. The van der Waals surface area contributed by atoms with Gasteiger partial charge < -0.3 is 10.1 Å². The van der Waals surface area contributed by atoms with Crippen LogP contribution in [-0.4, -0.2) is 48.8 Å². The first-order chi connectivity index (χ1) is 17.8. The van der Waals surface area contributed by atoms with Gasteiger partial charge in [0.2, 0.25) is 5.88 Å². The number of carbonyl (C=O) groups is 1. The highest BCUT2D eigenvalue weighted by Crippen LogP contribution is 2.43. The molecular weight excluding hydrogens is 523 g/mol. The van der Waals surface area contributed by atoms with E-state index >= 15 is 0 Å². The zero-order valence-electron chi connectivity index (χ0n) is 21.1. The van der Waals surface area contributed by atoms with Crippen LogP contribution in [0.4, 0.5) is 23.7 Å². The Morgan fingerprint density at radius 3 is 2.42 bits per heavy atom. The summed E-state index contributed by atoms with van der Waals surface area (Å²) in [4.78, 5) is 26.5. The number of methoxy groups -OCH3 is 1. The van der Waals surface area contributed by atoms with Crippen LogP contribution < -0.4 is 15.0 Å². The molecule has 1 N–H and O–H groups in total. The van der Waals surface area contributed by atoms with Crippen LogP contribution in [0.5, 0.6) is 5.88 Å². The molecule has 0 saturated carbocycles. The van der Waals surface area contributed by atoms with Crippen molar-refractivity contribution in [2.24, 2.45) is 0 Å². The Morgan fingerprint density at radius 1 is 1.13 bits per heavy atom. The second-order valence-electron chi connectivity index (χ2n) is 9.34. The van der Waals surface area contributed by atoms with Crippen LogP contribution >= 0.6 is 0 Å². The molecule has 3 heterocycles. The number of halogens is 3. The van der Waals surface area contributed by atoms with Crippen molar-refractivity contribution in [1.82, 2.24) is 20.3 Å². The number of urea groups is 1. The lowest BCUT2D eigenvalue weighted by Gasteiger charge is -2.20.